The Morgan fingerprint density at radius 3 is 2.37 bits per heavy atom. The summed E-state index contributed by atoms with van der Waals surface area (Å²) in [5.41, 5.74) is -2.37. The minimum Gasteiger partial charge on any atom is -0.497 e. The van der Waals surface area contributed by atoms with Gasteiger partial charge < -0.3 is 28.7 Å². The van der Waals surface area contributed by atoms with Gasteiger partial charge in [-0.2, -0.15) is 9.57 Å². The van der Waals surface area contributed by atoms with Gasteiger partial charge in [0.25, 0.3) is 21.5 Å². The van der Waals surface area contributed by atoms with Crippen LogP contribution in [0.15, 0.2) is 59.6 Å². The van der Waals surface area contributed by atoms with Gasteiger partial charge in [0.15, 0.2) is 0 Å². The lowest BCUT2D eigenvalue weighted by Crippen LogP contribution is -2.54. The number of methoxy groups -OCH3 is 2. The lowest BCUT2D eigenvalue weighted by Gasteiger charge is -2.42. The molecule has 0 bridgehead atoms. The van der Waals surface area contributed by atoms with Gasteiger partial charge in [0.05, 0.1) is 43.7 Å². The number of piperazine rings is 1. The number of sulfonamides is 1. The van der Waals surface area contributed by atoms with E-state index in [9.17, 15) is 18.5 Å². The number of aromatic nitrogens is 1. The fraction of sp³-hybridized carbons (Fsp3) is 0.444. The van der Waals surface area contributed by atoms with Crippen molar-refractivity contribution in [3.05, 3.63) is 71.4 Å². The lowest BCUT2D eigenvalue weighted by molar-refractivity contribution is -0.132. The predicted octanol–water partition coefficient (Wildman–Crippen LogP) is 3.59. The molecule has 0 radical (unpaired) electrons. The highest BCUT2D eigenvalue weighted by atomic mass is 32.2. The number of likely N-dealkylation sites (tertiary alicyclic amines) is 1. The molecule has 4 heterocycles. The molecule has 0 saturated carbocycles. The Morgan fingerprint density at radius 1 is 0.980 bits per heavy atom. The average molecular weight is 719 g/mol. The van der Waals surface area contributed by atoms with Crippen LogP contribution in [-0.4, -0.2) is 113 Å². The third-order valence-corrected chi connectivity index (χ3v) is 11.6. The summed E-state index contributed by atoms with van der Waals surface area (Å²) in [4.78, 5) is 39.8. The fourth-order valence-corrected chi connectivity index (χ4v) is 8.73. The number of rotatable bonds is 10. The van der Waals surface area contributed by atoms with E-state index in [0.29, 0.717) is 42.0 Å². The number of ether oxygens (including phenoxy) is 4. The summed E-state index contributed by atoms with van der Waals surface area (Å²) in [5.74, 6) is -0.857. The van der Waals surface area contributed by atoms with Gasteiger partial charge in [-0.25, -0.2) is 18.2 Å². The second-order valence-corrected chi connectivity index (χ2v) is 14.2. The summed E-state index contributed by atoms with van der Waals surface area (Å²) in [5, 5.41) is 9.93. The molecule has 0 aliphatic carbocycles. The molecule has 6 rings (SSSR count). The first-order valence-electron chi connectivity index (χ1n) is 17.0. The summed E-state index contributed by atoms with van der Waals surface area (Å²) in [7, 11) is -2.00. The zero-order valence-electron chi connectivity index (χ0n) is 29.2. The van der Waals surface area contributed by atoms with Gasteiger partial charge in [0.1, 0.15) is 16.4 Å². The van der Waals surface area contributed by atoms with Gasteiger partial charge in [-0.15, -0.1) is 0 Å². The molecular weight excluding hydrogens is 676 g/mol. The van der Waals surface area contributed by atoms with Crippen LogP contribution in [0.25, 0.3) is 0 Å². The standard InChI is InChI=1S/C36H42N6O8S/c1-5-39-18-20-40(21-19-39)26-13-16-41(17-14-26)35(44)50-36(28-8-7-15-38-33(28)49-6-2)29-22-25(24-37)9-11-30(29)42(34(36)43)51(45,46)32-12-10-27(47-3)23-31(32)48-4/h7-12,15,22-23,26H,5-6,13-14,16-21H2,1-4H3. The Kier molecular flexibility index (Phi) is 10.4. The van der Waals surface area contributed by atoms with Crippen LogP contribution in [0.1, 0.15) is 43.4 Å². The summed E-state index contributed by atoms with van der Waals surface area (Å²) >= 11 is 0. The highest BCUT2D eigenvalue weighted by Gasteiger charge is 2.61. The zero-order chi connectivity index (χ0) is 36.3. The molecule has 1 atom stereocenters. The van der Waals surface area contributed by atoms with Crippen LogP contribution in [0.2, 0.25) is 0 Å². The molecule has 0 spiro atoms. The summed E-state index contributed by atoms with van der Waals surface area (Å²) < 4.78 is 52.7. The highest BCUT2D eigenvalue weighted by Crippen LogP contribution is 2.52. The molecule has 14 nitrogen and oxygen atoms in total. The maximum atomic E-state index is 15.1. The number of pyridine rings is 1. The lowest BCUT2D eigenvalue weighted by atomic mass is 9.87. The summed E-state index contributed by atoms with van der Waals surface area (Å²) in [6.45, 7) is 9.75. The minimum absolute atomic E-state index is 0.0182. The van der Waals surface area contributed by atoms with Crippen molar-refractivity contribution in [1.29, 1.82) is 5.26 Å². The third-order valence-electron chi connectivity index (χ3n) is 9.86. The van der Waals surface area contributed by atoms with Gasteiger partial charge in [0.2, 0.25) is 5.88 Å². The Bertz CT molecular complexity index is 1940. The first-order chi connectivity index (χ1) is 24.6. The number of hydrogen-bond acceptors (Lipinski definition) is 12. The number of piperidine rings is 1. The van der Waals surface area contributed by atoms with Gasteiger partial charge >= 0.3 is 6.09 Å². The molecule has 270 valence electrons. The number of carbonyl (C=O) groups is 2. The van der Waals surface area contributed by atoms with Crippen molar-refractivity contribution in [3.8, 4) is 23.4 Å². The normalized spacial score (nSPS) is 20.1. The largest absolute Gasteiger partial charge is 0.497 e. The molecule has 3 aliphatic rings. The predicted molar refractivity (Wildman–Crippen MR) is 186 cm³/mol. The van der Waals surface area contributed by atoms with Crippen molar-refractivity contribution >= 4 is 27.7 Å². The third kappa shape index (κ3) is 6.43. The molecule has 1 unspecified atom stereocenters. The number of nitriles is 1. The van der Waals surface area contributed by atoms with Crippen molar-refractivity contribution in [3.63, 3.8) is 0 Å². The Morgan fingerprint density at radius 2 is 1.73 bits per heavy atom. The Hall–Kier alpha value is -4.91. The number of hydrogen-bond donors (Lipinski definition) is 0. The van der Waals surface area contributed by atoms with E-state index < -0.39 is 27.6 Å². The molecule has 15 heteroatoms. The van der Waals surface area contributed by atoms with Crippen molar-refractivity contribution in [2.45, 2.75) is 43.2 Å². The molecule has 2 amide bonds. The maximum Gasteiger partial charge on any atom is 0.411 e. The number of anilines is 1. The average Bonchev–Trinajstić information content (AvgIpc) is 3.42. The van der Waals surface area contributed by atoms with Crippen LogP contribution in [0.3, 0.4) is 0 Å². The first-order valence-corrected chi connectivity index (χ1v) is 18.5. The molecule has 3 aliphatic heterocycles. The second-order valence-electron chi connectivity index (χ2n) is 12.5. The number of amides is 2. The molecule has 2 fully saturated rings. The SMILES string of the molecule is CCOc1ncccc1C1(OC(=O)N2CCC(N3CCN(CC)CC3)CC2)C(=O)N(S(=O)(=O)c2ccc(OC)cc2OC)c2ccc(C#N)cc21. The summed E-state index contributed by atoms with van der Waals surface area (Å²) in [6, 6.07) is 13.6. The van der Waals surface area contributed by atoms with Crippen molar-refractivity contribution in [2.75, 3.05) is 70.9 Å². The van der Waals surface area contributed by atoms with E-state index in [-0.39, 0.29) is 45.5 Å². The highest BCUT2D eigenvalue weighted by molar-refractivity contribution is 7.93. The monoisotopic (exact) mass is 718 g/mol. The zero-order valence-corrected chi connectivity index (χ0v) is 30.0. The van der Waals surface area contributed by atoms with Crippen molar-refractivity contribution < 1.29 is 37.0 Å². The van der Waals surface area contributed by atoms with Crippen LogP contribution < -0.4 is 18.5 Å². The Balaban J connectivity index is 1.43. The van der Waals surface area contributed by atoms with E-state index in [0.717, 1.165) is 32.7 Å². The van der Waals surface area contributed by atoms with Crippen LogP contribution in [0.5, 0.6) is 17.4 Å². The fourth-order valence-electron chi connectivity index (χ4n) is 7.14. The van der Waals surface area contributed by atoms with Crippen molar-refractivity contribution in [1.82, 2.24) is 19.7 Å². The quantitative estimate of drug-likeness (QED) is 0.301. The van der Waals surface area contributed by atoms with Crippen LogP contribution in [0, 0.1) is 11.3 Å². The van der Waals surface area contributed by atoms with E-state index in [1.54, 1.807) is 17.9 Å². The molecular formula is C36H42N6O8S. The molecule has 3 aromatic rings. The maximum absolute atomic E-state index is 15.1. The van der Waals surface area contributed by atoms with Gasteiger partial charge in [-0.05, 0) is 68.8 Å². The number of benzene rings is 2. The number of fused-ring (bicyclic) bond motifs is 1. The topological polar surface area (TPSA) is 155 Å². The smallest absolute Gasteiger partial charge is 0.411 e. The minimum atomic E-state index is -4.73. The van der Waals surface area contributed by atoms with Gasteiger partial charge in [-0.1, -0.05) is 6.92 Å². The van der Waals surface area contributed by atoms with E-state index in [2.05, 4.69) is 27.8 Å². The number of nitrogens with zero attached hydrogens (tertiary/aromatic N) is 6. The molecule has 2 saturated heterocycles. The molecule has 2 aromatic carbocycles. The van der Waals surface area contributed by atoms with E-state index >= 15 is 4.79 Å². The van der Waals surface area contributed by atoms with Crippen LogP contribution in [0.4, 0.5) is 10.5 Å². The molecule has 51 heavy (non-hydrogen) atoms. The van der Waals surface area contributed by atoms with Gasteiger partial charge in [-0.3, -0.25) is 9.69 Å². The number of carbonyl (C=O) groups excluding carboxylic acids is 2. The second kappa shape index (κ2) is 14.7. The Labute approximate surface area is 298 Å². The van der Waals surface area contributed by atoms with E-state index in [4.69, 9.17) is 18.9 Å². The molecule has 0 N–H and O–H groups in total. The van der Waals surface area contributed by atoms with Crippen LogP contribution in [-0.2, 0) is 25.2 Å². The van der Waals surface area contributed by atoms with Crippen LogP contribution >= 0.6 is 0 Å². The van der Waals surface area contributed by atoms with Gasteiger partial charge in [0, 0.05) is 63.1 Å². The first kappa shape index (κ1) is 35.9. The summed E-state index contributed by atoms with van der Waals surface area (Å²) in [6.07, 6.45) is 2.08. The van der Waals surface area contributed by atoms with E-state index in [1.165, 1.54) is 62.9 Å². The number of likely N-dealkylation sites (N-methyl/N-ethyl adjacent to an activating group) is 1. The van der Waals surface area contributed by atoms with Crippen molar-refractivity contribution in [2.24, 2.45) is 0 Å². The van der Waals surface area contributed by atoms with E-state index in [1.807, 2.05) is 0 Å². The molecule has 1 aromatic heterocycles.